The molecule has 0 heterocycles. The quantitative estimate of drug-likeness (QED) is 0.638. The number of hydrogen-bond acceptors (Lipinski definition) is 4. The minimum Gasteiger partial charge on any atom is -0.355 e. The molecule has 2 rings (SSSR count). The van der Waals surface area contributed by atoms with Crippen LogP contribution in [-0.4, -0.2) is 26.8 Å². The van der Waals surface area contributed by atoms with E-state index in [9.17, 15) is 18.0 Å². The molecule has 0 saturated carbocycles. The van der Waals surface area contributed by atoms with Gasteiger partial charge in [0, 0.05) is 12.2 Å². The molecule has 0 atom stereocenters. The summed E-state index contributed by atoms with van der Waals surface area (Å²) in [4.78, 5) is 23.5. The summed E-state index contributed by atoms with van der Waals surface area (Å²) in [6, 6.07) is 15.0. The van der Waals surface area contributed by atoms with Crippen LogP contribution >= 0.6 is 0 Å². The molecule has 8 heteroatoms. The summed E-state index contributed by atoms with van der Waals surface area (Å²) in [5.74, 6) is -0.768. The molecule has 0 spiro atoms. The summed E-state index contributed by atoms with van der Waals surface area (Å²) in [7, 11) is -3.71. The van der Waals surface area contributed by atoms with Gasteiger partial charge in [0.2, 0.25) is 21.8 Å². The Morgan fingerprint density at radius 2 is 1.56 bits per heavy atom. The van der Waals surface area contributed by atoms with Crippen LogP contribution in [0.4, 0.5) is 5.69 Å². The summed E-state index contributed by atoms with van der Waals surface area (Å²) < 4.78 is 22.3. The zero-order chi connectivity index (χ0) is 18.3. The molecular formula is C17H19N3O4S. The summed E-state index contributed by atoms with van der Waals surface area (Å²) >= 11 is 0. The van der Waals surface area contributed by atoms with E-state index >= 15 is 0 Å². The minimum absolute atomic E-state index is 0.0397. The van der Waals surface area contributed by atoms with E-state index in [4.69, 9.17) is 5.14 Å². The first-order valence-corrected chi connectivity index (χ1v) is 9.12. The Morgan fingerprint density at radius 1 is 0.920 bits per heavy atom. The number of para-hydroxylation sites is 1. The van der Waals surface area contributed by atoms with Crippen LogP contribution in [0.2, 0.25) is 0 Å². The average molecular weight is 361 g/mol. The van der Waals surface area contributed by atoms with Crippen LogP contribution in [0.3, 0.4) is 0 Å². The monoisotopic (exact) mass is 361 g/mol. The van der Waals surface area contributed by atoms with Crippen LogP contribution in [0, 0.1) is 0 Å². The predicted octanol–water partition coefficient (Wildman–Crippen LogP) is 1.02. The Balaban J connectivity index is 1.74. The Kier molecular flexibility index (Phi) is 6.26. The van der Waals surface area contributed by atoms with Gasteiger partial charge in [-0.25, -0.2) is 13.6 Å². The topological polar surface area (TPSA) is 118 Å². The van der Waals surface area contributed by atoms with E-state index in [2.05, 4.69) is 10.6 Å². The molecule has 0 unspecified atom stereocenters. The molecule has 2 aromatic rings. The van der Waals surface area contributed by atoms with Crippen molar-refractivity contribution in [2.75, 3.05) is 11.9 Å². The molecule has 0 radical (unpaired) electrons. The number of hydrogen-bond donors (Lipinski definition) is 3. The zero-order valence-corrected chi connectivity index (χ0v) is 14.3. The average Bonchev–Trinajstić information content (AvgIpc) is 2.55. The van der Waals surface area contributed by atoms with Crippen molar-refractivity contribution in [3.63, 3.8) is 0 Å². The molecule has 0 bridgehead atoms. The van der Waals surface area contributed by atoms with Gasteiger partial charge < -0.3 is 10.6 Å². The number of amides is 2. The van der Waals surface area contributed by atoms with Gasteiger partial charge in [0.15, 0.2) is 0 Å². The molecule has 0 aromatic heterocycles. The fourth-order valence-electron chi connectivity index (χ4n) is 2.13. The third kappa shape index (κ3) is 6.36. The standard InChI is InChI=1S/C17H19N3O4S/c18-25(23,24)15-8-6-13(7-9-15)10-11-19-16(21)12-17(22)20-14-4-2-1-3-5-14/h1-9H,10-12H2,(H,19,21)(H,20,22)(H2,18,23,24). The van der Waals surface area contributed by atoms with E-state index < -0.39 is 10.0 Å². The van der Waals surface area contributed by atoms with Gasteiger partial charge in [-0.05, 0) is 36.2 Å². The van der Waals surface area contributed by atoms with E-state index in [0.717, 1.165) is 5.56 Å². The van der Waals surface area contributed by atoms with Crippen molar-refractivity contribution in [3.8, 4) is 0 Å². The molecule has 7 nitrogen and oxygen atoms in total. The number of anilines is 1. The number of benzene rings is 2. The summed E-state index contributed by atoms with van der Waals surface area (Å²) in [5, 5.41) is 10.3. The van der Waals surface area contributed by atoms with Crippen molar-refractivity contribution in [1.82, 2.24) is 5.32 Å². The highest BCUT2D eigenvalue weighted by molar-refractivity contribution is 7.89. The zero-order valence-electron chi connectivity index (χ0n) is 13.4. The molecule has 4 N–H and O–H groups in total. The highest BCUT2D eigenvalue weighted by atomic mass is 32.2. The van der Waals surface area contributed by atoms with Crippen LogP contribution in [-0.2, 0) is 26.0 Å². The molecule has 0 fully saturated rings. The molecule has 0 aliphatic heterocycles. The second-order valence-electron chi connectivity index (χ2n) is 5.38. The largest absolute Gasteiger partial charge is 0.355 e. The maximum Gasteiger partial charge on any atom is 0.238 e. The van der Waals surface area contributed by atoms with Crippen molar-refractivity contribution in [1.29, 1.82) is 0 Å². The van der Waals surface area contributed by atoms with E-state index in [1.807, 2.05) is 6.07 Å². The first-order chi connectivity index (χ1) is 11.8. The van der Waals surface area contributed by atoms with Crippen molar-refractivity contribution in [3.05, 3.63) is 60.2 Å². The van der Waals surface area contributed by atoms with Crippen LogP contribution in [0.5, 0.6) is 0 Å². The van der Waals surface area contributed by atoms with Gasteiger partial charge >= 0.3 is 0 Å². The van der Waals surface area contributed by atoms with E-state index in [1.165, 1.54) is 12.1 Å². The Labute approximate surface area is 146 Å². The number of primary sulfonamides is 1. The van der Waals surface area contributed by atoms with Gasteiger partial charge in [0.05, 0.1) is 4.90 Å². The number of sulfonamides is 1. The maximum absolute atomic E-state index is 11.8. The number of carbonyl (C=O) groups is 2. The van der Waals surface area contributed by atoms with Gasteiger partial charge in [-0.2, -0.15) is 0 Å². The Morgan fingerprint density at radius 3 is 2.16 bits per heavy atom. The van der Waals surface area contributed by atoms with Gasteiger partial charge in [-0.3, -0.25) is 9.59 Å². The third-order valence-corrected chi connectivity index (χ3v) is 4.30. The van der Waals surface area contributed by atoms with Gasteiger partial charge in [0.1, 0.15) is 6.42 Å². The number of nitrogens with two attached hydrogens (primary N) is 1. The lowest BCUT2D eigenvalue weighted by Crippen LogP contribution is -2.29. The van der Waals surface area contributed by atoms with Gasteiger partial charge in [-0.1, -0.05) is 30.3 Å². The molecule has 2 aromatic carbocycles. The second-order valence-corrected chi connectivity index (χ2v) is 6.94. The fraction of sp³-hybridized carbons (Fsp3) is 0.176. The summed E-state index contributed by atoms with van der Waals surface area (Å²) in [6.07, 6.45) is 0.246. The Hall–Kier alpha value is -2.71. The lowest BCUT2D eigenvalue weighted by Gasteiger charge is -2.07. The van der Waals surface area contributed by atoms with Crippen molar-refractivity contribution >= 4 is 27.5 Å². The predicted molar refractivity (Wildman–Crippen MR) is 94.2 cm³/mol. The van der Waals surface area contributed by atoms with Crippen LogP contribution in [0.15, 0.2) is 59.5 Å². The lowest BCUT2D eigenvalue weighted by atomic mass is 10.1. The van der Waals surface area contributed by atoms with E-state index in [-0.39, 0.29) is 23.1 Å². The number of rotatable bonds is 7. The third-order valence-electron chi connectivity index (χ3n) is 3.37. The number of carbonyl (C=O) groups excluding carboxylic acids is 2. The van der Waals surface area contributed by atoms with Gasteiger partial charge in [-0.15, -0.1) is 0 Å². The smallest absolute Gasteiger partial charge is 0.238 e. The molecule has 0 aliphatic rings. The molecular weight excluding hydrogens is 342 g/mol. The SMILES string of the molecule is NS(=O)(=O)c1ccc(CCNC(=O)CC(=O)Nc2ccccc2)cc1. The van der Waals surface area contributed by atoms with E-state index in [1.54, 1.807) is 36.4 Å². The maximum atomic E-state index is 11.8. The highest BCUT2D eigenvalue weighted by Crippen LogP contribution is 2.09. The molecule has 0 aliphatic carbocycles. The van der Waals surface area contributed by atoms with Crippen molar-refractivity contribution in [2.24, 2.45) is 5.14 Å². The fourth-order valence-corrected chi connectivity index (χ4v) is 2.64. The number of nitrogens with one attached hydrogen (secondary N) is 2. The molecule has 2 amide bonds. The van der Waals surface area contributed by atoms with E-state index in [0.29, 0.717) is 18.7 Å². The van der Waals surface area contributed by atoms with Crippen molar-refractivity contribution in [2.45, 2.75) is 17.7 Å². The summed E-state index contributed by atoms with van der Waals surface area (Å²) in [5.41, 5.74) is 1.48. The van der Waals surface area contributed by atoms with Crippen molar-refractivity contribution < 1.29 is 18.0 Å². The molecule has 0 saturated heterocycles. The molecule has 25 heavy (non-hydrogen) atoms. The lowest BCUT2D eigenvalue weighted by molar-refractivity contribution is -0.126. The van der Waals surface area contributed by atoms with Crippen LogP contribution in [0.25, 0.3) is 0 Å². The second kappa shape index (κ2) is 8.41. The minimum atomic E-state index is -3.71. The van der Waals surface area contributed by atoms with Gasteiger partial charge in [0.25, 0.3) is 0 Å². The highest BCUT2D eigenvalue weighted by Gasteiger charge is 2.10. The molecule has 132 valence electrons. The summed E-state index contributed by atoms with van der Waals surface area (Å²) in [6.45, 7) is 0.339. The van der Waals surface area contributed by atoms with Crippen LogP contribution in [0.1, 0.15) is 12.0 Å². The first kappa shape index (κ1) is 18.6. The first-order valence-electron chi connectivity index (χ1n) is 7.58. The van der Waals surface area contributed by atoms with Crippen LogP contribution < -0.4 is 15.8 Å². The normalized spacial score (nSPS) is 10.9. The Bertz CT molecular complexity index is 834.